The third-order valence-corrected chi connectivity index (χ3v) is 4.95. The van der Waals surface area contributed by atoms with Crippen LogP contribution in [0.1, 0.15) is 18.4 Å². The highest BCUT2D eigenvalue weighted by molar-refractivity contribution is 5.91. The second kappa shape index (κ2) is 5.82. The predicted octanol–water partition coefficient (Wildman–Crippen LogP) is 2.72. The van der Waals surface area contributed by atoms with Gasteiger partial charge < -0.3 is 10.1 Å². The predicted molar refractivity (Wildman–Crippen MR) is 86.9 cm³/mol. The summed E-state index contributed by atoms with van der Waals surface area (Å²) in [5, 5.41) is 5.97. The molecule has 2 bridgehead atoms. The minimum Gasteiger partial charge on any atom is -0.378 e. The van der Waals surface area contributed by atoms with Crippen molar-refractivity contribution < 1.29 is 9.53 Å². The maximum Gasteiger partial charge on any atom is 0.140 e. The van der Waals surface area contributed by atoms with Crippen molar-refractivity contribution >= 4 is 16.6 Å². The van der Waals surface area contributed by atoms with Crippen LogP contribution in [0.5, 0.6) is 0 Å². The van der Waals surface area contributed by atoms with Crippen molar-refractivity contribution in [2.45, 2.75) is 31.3 Å². The van der Waals surface area contributed by atoms with Crippen LogP contribution in [0, 0.1) is 5.92 Å². The average Bonchev–Trinajstić information content (AvgIpc) is 2.55. The molecule has 0 amide bonds. The van der Waals surface area contributed by atoms with E-state index >= 15 is 0 Å². The maximum atomic E-state index is 12.8. The Bertz CT molecular complexity index is 679. The molecule has 2 aromatic carbocycles. The second-order valence-electron chi connectivity index (χ2n) is 6.55. The van der Waals surface area contributed by atoms with Crippen molar-refractivity contribution in [3.63, 3.8) is 0 Å². The van der Waals surface area contributed by atoms with Crippen LogP contribution in [0.15, 0.2) is 42.5 Å². The summed E-state index contributed by atoms with van der Waals surface area (Å²) in [6.07, 6.45) is 2.38. The Hall–Kier alpha value is -1.71. The number of hydrogen-bond donors (Lipinski definition) is 1. The number of ether oxygens (including phenoxy) is 1. The molecule has 2 saturated heterocycles. The Balaban J connectivity index is 1.54. The molecule has 2 fully saturated rings. The summed E-state index contributed by atoms with van der Waals surface area (Å²) in [5.74, 6) is 0.564. The third-order valence-electron chi connectivity index (χ3n) is 4.95. The molecule has 0 saturated carbocycles. The molecule has 0 aromatic heterocycles. The molecule has 0 aliphatic carbocycles. The van der Waals surface area contributed by atoms with Gasteiger partial charge in [-0.3, -0.25) is 4.79 Å². The maximum absolute atomic E-state index is 12.8. The fourth-order valence-corrected chi connectivity index (χ4v) is 3.88. The molecule has 3 nitrogen and oxygen atoms in total. The van der Waals surface area contributed by atoms with E-state index in [0.29, 0.717) is 24.3 Å². The van der Waals surface area contributed by atoms with Crippen molar-refractivity contribution in [3.8, 4) is 0 Å². The topological polar surface area (TPSA) is 38.3 Å². The lowest BCUT2D eigenvalue weighted by molar-refractivity contribution is -0.125. The largest absolute Gasteiger partial charge is 0.378 e. The zero-order valence-corrected chi connectivity index (χ0v) is 12.6. The molecule has 4 rings (SSSR count). The van der Waals surface area contributed by atoms with Crippen molar-refractivity contribution in [2.24, 2.45) is 5.92 Å². The van der Waals surface area contributed by atoms with Gasteiger partial charge in [0.2, 0.25) is 0 Å². The van der Waals surface area contributed by atoms with Crippen molar-refractivity contribution in [2.75, 3.05) is 13.2 Å². The van der Waals surface area contributed by atoms with Gasteiger partial charge in [0.15, 0.2) is 0 Å². The zero-order valence-electron chi connectivity index (χ0n) is 12.6. The zero-order chi connectivity index (χ0) is 14.9. The summed E-state index contributed by atoms with van der Waals surface area (Å²) in [5.41, 5.74) is 1.16. The number of benzene rings is 2. The average molecular weight is 295 g/mol. The van der Waals surface area contributed by atoms with Gasteiger partial charge in [-0.15, -0.1) is 0 Å². The fraction of sp³-hybridized carbons (Fsp3) is 0.421. The van der Waals surface area contributed by atoms with E-state index < -0.39 is 0 Å². The van der Waals surface area contributed by atoms with Gasteiger partial charge in [0.05, 0.1) is 13.2 Å². The number of carbonyl (C=O) groups is 1. The number of fused-ring (bicyclic) bond motifs is 3. The highest BCUT2D eigenvalue weighted by atomic mass is 16.5. The lowest BCUT2D eigenvalue weighted by Gasteiger charge is -2.39. The molecule has 22 heavy (non-hydrogen) atoms. The molecule has 3 heteroatoms. The van der Waals surface area contributed by atoms with E-state index in [1.165, 1.54) is 10.8 Å². The van der Waals surface area contributed by atoms with Gasteiger partial charge in [0.1, 0.15) is 5.78 Å². The van der Waals surface area contributed by atoms with Crippen LogP contribution in [-0.4, -0.2) is 31.1 Å². The van der Waals surface area contributed by atoms with Gasteiger partial charge in [-0.1, -0.05) is 42.5 Å². The summed E-state index contributed by atoms with van der Waals surface area (Å²) in [6, 6.07) is 15.3. The Morgan fingerprint density at radius 3 is 2.59 bits per heavy atom. The summed E-state index contributed by atoms with van der Waals surface area (Å²) < 4.78 is 5.57. The molecule has 2 unspecified atom stereocenters. The Morgan fingerprint density at radius 2 is 1.77 bits per heavy atom. The molecule has 0 radical (unpaired) electrons. The Kier molecular flexibility index (Phi) is 3.68. The highest BCUT2D eigenvalue weighted by Gasteiger charge is 2.35. The first-order chi connectivity index (χ1) is 10.8. The van der Waals surface area contributed by atoms with Crippen LogP contribution in [0.2, 0.25) is 0 Å². The monoisotopic (exact) mass is 295 g/mol. The van der Waals surface area contributed by atoms with E-state index in [1.54, 1.807) is 0 Å². The van der Waals surface area contributed by atoms with Crippen LogP contribution in [0.3, 0.4) is 0 Å². The number of ketones is 1. The number of nitrogens with one attached hydrogen (secondary N) is 1. The van der Waals surface area contributed by atoms with Gasteiger partial charge in [0.25, 0.3) is 0 Å². The van der Waals surface area contributed by atoms with Gasteiger partial charge in [-0.25, -0.2) is 0 Å². The van der Waals surface area contributed by atoms with Gasteiger partial charge in [-0.2, -0.15) is 0 Å². The van der Waals surface area contributed by atoms with E-state index in [2.05, 4.69) is 35.6 Å². The molecular formula is C19H21NO2. The molecule has 1 N–H and O–H groups in total. The lowest BCUT2D eigenvalue weighted by atomic mass is 9.82. The number of carbonyl (C=O) groups excluding carboxylic acids is 1. The minimum atomic E-state index is 0.180. The molecule has 0 spiro atoms. The Labute approximate surface area is 130 Å². The highest BCUT2D eigenvalue weighted by Crippen LogP contribution is 2.27. The van der Waals surface area contributed by atoms with Gasteiger partial charge >= 0.3 is 0 Å². The molecule has 2 aromatic rings. The van der Waals surface area contributed by atoms with Crippen LogP contribution in [0.4, 0.5) is 0 Å². The smallest absolute Gasteiger partial charge is 0.140 e. The van der Waals surface area contributed by atoms with Crippen LogP contribution < -0.4 is 5.32 Å². The number of Topliss-reactive ketones (excluding diaryl/α,β-unsaturated/α-hetero) is 1. The molecule has 2 heterocycles. The number of piperidine rings is 1. The van der Waals surface area contributed by atoms with E-state index in [1.807, 2.05) is 12.1 Å². The fourth-order valence-electron chi connectivity index (χ4n) is 3.88. The van der Waals surface area contributed by atoms with Crippen LogP contribution >= 0.6 is 0 Å². The summed E-state index contributed by atoms with van der Waals surface area (Å²) >= 11 is 0. The third kappa shape index (κ3) is 2.67. The van der Waals surface area contributed by atoms with Crippen molar-refractivity contribution in [1.82, 2.24) is 5.32 Å². The SMILES string of the molecule is O=C(Cc1cccc2ccccc12)C1CC2COCC(C1)N2. The number of morpholine rings is 1. The van der Waals surface area contributed by atoms with Gasteiger partial charge in [0, 0.05) is 24.4 Å². The van der Waals surface area contributed by atoms with E-state index in [-0.39, 0.29) is 5.92 Å². The van der Waals surface area contributed by atoms with E-state index in [0.717, 1.165) is 31.6 Å². The Morgan fingerprint density at radius 1 is 1.05 bits per heavy atom. The molecule has 2 aliphatic heterocycles. The second-order valence-corrected chi connectivity index (χ2v) is 6.55. The molecule has 2 atom stereocenters. The summed E-state index contributed by atoms with van der Waals surface area (Å²) in [6.45, 7) is 1.49. The van der Waals surface area contributed by atoms with Gasteiger partial charge in [-0.05, 0) is 29.2 Å². The molecule has 2 aliphatic rings. The lowest BCUT2D eigenvalue weighted by Crippen LogP contribution is -2.55. The standard InChI is InChI=1S/C19H21NO2/c21-19(15-8-16-11-22-12-17(9-15)20-16)10-14-6-3-5-13-4-1-2-7-18(13)14/h1-7,15-17,20H,8-12H2. The number of rotatable bonds is 3. The quantitative estimate of drug-likeness (QED) is 0.946. The first kappa shape index (κ1) is 13.9. The van der Waals surface area contributed by atoms with Crippen molar-refractivity contribution in [3.05, 3.63) is 48.0 Å². The first-order valence-electron chi connectivity index (χ1n) is 8.13. The summed E-state index contributed by atoms with van der Waals surface area (Å²) in [7, 11) is 0. The first-order valence-corrected chi connectivity index (χ1v) is 8.13. The summed E-state index contributed by atoms with van der Waals surface area (Å²) in [4.78, 5) is 12.8. The molecular weight excluding hydrogens is 274 g/mol. The van der Waals surface area contributed by atoms with Crippen molar-refractivity contribution in [1.29, 1.82) is 0 Å². The molecule has 114 valence electrons. The van der Waals surface area contributed by atoms with E-state index in [4.69, 9.17) is 4.74 Å². The number of hydrogen-bond acceptors (Lipinski definition) is 3. The van der Waals surface area contributed by atoms with Crippen LogP contribution in [-0.2, 0) is 16.0 Å². The van der Waals surface area contributed by atoms with Crippen LogP contribution in [0.25, 0.3) is 10.8 Å². The normalized spacial score (nSPS) is 27.7. The minimum absolute atomic E-state index is 0.180. The van der Waals surface area contributed by atoms with E-state index in [9.17, 15) is 4.79 Å².